The molecular weight excluding hydrogens is 747 g/mol. The molecule has 1 heteroatoms. The summed E-state index contributed by atoms with van der Waals surface area (Å²) in [5.41, 5.74) is 21.7. The van der Waals surface area contributed by atoms with Crippen molar-refractivity contribution in [1.29, 1.82) is 0 Å². The number of hydrogen-bond acceptors (Lipinski definition) is 1. The lowest BCUT2D eigenvalue weighted by molar-refractivity contribution is 0.515. The van der Waals surface area contributed by atoms with Gasteiger partial charge in [-0.2, -0.15) is 0 Å². The summed E-state index contributed by atoms with van der Waals surface area (Å²) in [6, 6.07) is 59.5. The molecule has 0 radical (unpaired) electrons. The van der Waals surface area contributed by atoms with Gasteiger partial charge in [0.15, 0.2) is 0 Å². The molecule has 0 heterocycles. The highest BCUT2D eigenvalue weighted by molar-refractivity contribution is 5.94. The molecule has 3 aliphatic carbocycles. The molecule has 1 spiro atoms. The van der Waals surface area contributed by atoms with Gasteiger partial charge in [-0.25, -0.2) is 0 Å². The first-order valence-corrected chi connectivity index (χ1v) is 22.3. The van der Waals surface area contributed by atoms with E-state index in [-0.39, 0.29) is 16.2 Å². The van der Waals surface area contributed by atoms with Gasteiger partial charge in [0, 0.05) is 22.4 Å². The number of hydrogen-bond donors (Lipinski definition) is 0. The Morgan fingerprint density at radius 3 is 1.74 bits per heavy atom. The quantitative estimate of drug-likeness (QED) is 0.171. The predicted octanol–water partition coefficient (Wildman–Crippen LogP) is 16.4. The van der Waals surface area contributed by atoms with E-state index in [9.17, 15) is 0 Å². The molecule has 1 nitrogen and oxygen atoms in total. The van der Waals surface area contributed by atoms with Gasteiger partial charge in [0.1, 0.15) is 0 Å². The summed E-state index contributed by atoms with van der Waals surface area (Å²) in [4.78, 5) is 2.51. The molecule has 1 atom stereocenters. The van der Waals surface area contributed by atoms with Crippen LogP contribution in [-0.4, -0.2) is 0 Å². The summed E-state index contributed by atoms with van der Waals surface area (Å²) in [5.74, 6) is 0. The molecule has 0 fully saturated rings. The van der Waals surface area contributed by atoms with Gasteiger partial charge in [0.25, 0.3) is 0 Å². The van der Waals surface area contributed by atoms with Crippen LogP contribution in [0.2, 0.25) is 0 Å². The van der Waals surface area contributed by atoms with E-state index in [0.717, 1.165) is 29.1 Å². The number of nitrogens with zero attached hydrogens (tertiary/aromatic N) is 1. The van der Waals surface area contributed by atoms with Crippen LogP contribution in [0.3, 0.4) is 0 Å². The van der Waals surface area contributed by atoms with Gasteiger partial charge in [-0.3, -0.25) is 0 Å². The molecule has 0 aliphatic heterocycles. The lowest BCUT2D eigenvalue weighted by Gasteiger charge is -2.38. The van der Waals surface area contributed by atoms with E-state index in [1.54, 1.807) is 0 Å². The molecule has 306 valence electrons. The molecule has 0 amide bonds. The summed E-state index contributed by atoms with van der Waals surface area (Å²) in [6.45, 7) is 23.8. The van der Waals surface area contributed by atoms with Gasteiger partial charge in [-0.15, -0.1) is 0 Å². The van der Waals surface area contributed by atoms with Crippen LogP contribution in [0.5, 0.6) is 0 Å². The number of para-hydroxylation sites is 1. The largest absolute Gasteiger partial charge is 0.310 e. The van der Waals surface area contributed by atoms with Gasteiger partial charge >= 0.3 is 0 Å². The summed E-state index contributed by atoms with van der Waals surface area (Å²) < 4.78 is 0. The Kier molecular flexibility index (Phi) is 9.16. The molecule has 3 aliphatic rings. The highest BCUT2D eigenvalue weighted by Gasteiger charge is 2.48. The van der Waals surface area contributed by atoms with Crippen molar-refractivity contribution in [3.8, 4) is 33.4 Å². The molecule has 0 bridgehead atoms. The number of anilines is 3. The van der Waals surface area contributed by atoms with Crippen LogP contribution in [0.25, 0.3) is 33.4 Å². The molecular formula is C61H57N. The van der Waals surface area contributed by atoms with Gasteiger partial charge in [0.05, 0.1) is 11.1 Å². The van der Waals surface area contributed by atoms with Crippen LogP contribution < -0.4 is 4.90 Å². The zero-order valence-corrected chi connectivity index (χ0v) is 37.6. The molecule has 0 saturated carbocycles. The summed E-state index contributed by atoms with van der Waals surface area (Å²) in [6.07, 6.45) is 7.96. The van der Waals surface area contributed by atoms with Crippen molar-refractivity contribution in [3.05, 3.63) is 233 Å². The fraction of sp³-hybridized carbons (Fsp3) is 0.213. The van der Waals surface area contributed by atoms with Crippen molar-refractivity contribution >= 4 is 17.1 Å². The highest BCUT2D eigenvalue weighted by atomic mass is 15.1. The van der Waals surface area contributed by atoms with Crippen LogP contribution >= 0.6 is 0 Å². The smallest absolute Gasteiger partial charge is 0.0711 e. The van der Waals surface area contributed by atoms with Gasteiger partial charge in [-0.1, -0.05) is 208 Å². The third-order valence-corrected chi connectivity index (χ3v) is 14.0. The van der Waals surface area contributed by atoms with E-state index < -0.39 is 5.41 Å². The van der Waals surface area contributed by atoms with Crippen molar-refractivity contribution in [3.63, 3.8) is 0 Å². The topological polar surface area (TPSA) is 3.24 Å². The van der Waals surface area contributed by atoms with Crippen molar-refractivity contribution < 1.29 is 0 Å². The Bertz CT molecular complexity index is 2990. The number of benzene rings is 7. The third kappa shape index (κ3) is 6.11. The van der Waals surface area contributed by atoms with Gasteiger partial charge in [0.2, 0.25) is 0 Å². The fourth-order valence-corrected chi connectivity index (χ4v) is 10.7. The molecule has 10 rings (SSSR count). The standard InChI is InChI=1S/C61H57N/c1-40-36-43(58(2,3)4)23-19-22-42-30-31-44(59(5,6)7)37-54(42)61(40)53-28-17-14-26-49(53)51-35-33-46(39-56(51)61)62(57-29-18-15-24-47(57)41-20-11-10-12-21-41)45-32-34-50-48-25-13-16-27-52(48)60(8,9)55(50)38-45/h10-21,23-39H,1,22H2,2-9H3/b23-19-,43-36+. The molecule has 7 aromatic carbocycles. The zero-order valence-electron chi connectivity index (χ0n) is 37.6. The molecule has 62 heavy (non-hydrogen) atoms. The van der Waals surface area contributed by atoms with E-state index in [4.69, 9.17) is 6.58 Å². The predicted molar refractivity (Wildman–Crippen MR) is 264 cm³/mol. The first-order chi connectivity index (χ1) is 29.7. The SMILES string of the molecule is C=C1/C=C(C(C)(C)C)\C=C/Cc2ccc(C(C)(C)C)cc2C12c1ccccc1-c1ccc(N(c3ccc4c(c3)C(C)(C)c3ccccc3-4)c3ccccc3-c3ccccc3)cc12. The highest BCUT2D eigenvalue weighted by Crippen LogP contribution is 2.60. The van der Waals surface area contributed by atoms with Gasteiger partial charge < -0.3 is 4.90 Å². The van der Waals surface area contributed by atoms with E-state index in [2.05, 4.69) is 236 Å². The first-order valence-electron chi connectivity index (χ1n) is 22.3. The summed E-state index contributed by atoms with van der Waals surface area (Å²) in [5, 5.41) is 0. The fourth-order valence-electron chi connectivity index (χ4n) is 10.7. The van der Waals surface area contributed by atoms with Crippen LogP contribution in [0, 0.1) is 5.41 Å². The second-order valence-electron chi connectivity index (χ2n) is 20.2. The minimum atomic E-state index is -0.646. The number of allylic oxidation sites excluding steroid dienone is 5. The Morgan fingerprint density at radius 1 is 0.500 bits per heavy atom. The van der Waals surface area contributed by atoms with E-state index in [0.29, 0.717) is 0 Å². The summed E-state index contributed by atoms with van der Waals surface area (Å²) >= 11 is 0. The zero-order chi connectivity index (χ0) is 43.2. The van der Waals surface area contributed by atoms with E-state index in [1.807, 2.05) is 0 Å². The Balaban J connectivity index is 1.29. The van der Waals surface area contributed by atoms with Crippen molar-refractivity contribution in [2.45, 2.75) is 78.1 Å². The van der Waals surface area contributed by atoms with Crippen LogP contribution in [-0.2, 0) is 22.7 Å². The number of fused-ring (bicyclic) bond motifs is 10. The molecule has 0 N–H and O–H groups in total. The second kappa shape index (κ2) is 14.3. The molecule has 1 unspecified atom stereocenters. The normalized spacial score (nSPS) is 18.6. The summed E-state index contributed by atoms with van der Waals surface area (Å²) in [7, 11) is 0. The molecule has 0 aromatic heterocycles. The third-order valence-electron chi connectivity index (χ3n) is 14.0. The second-order valence-corrected chi connectivity index (χ2v) is 20.2. The maximum atomic E-state index is 5.14. The molecule has 7 aromatic rings. The average Bonchev–Trinajstić information content (AvgIpc) is 3.70. The van der Waals surface area contributed by atoms with E-state index >= 15 is 0 Å². The minimum absolute atomic E-state index is 0.0417. The van der Waals surface area contributed by atoms with Crippen molar-refractivity contribution in [2.24, 2.45) is 5.41 Å². The van der Waals surface area contributed by atoms with Gasteiger partial charge in [-0.05, 0) is 125 Å². The van der Waals surface area contributed by atoms with Crippen molar-refractivity contribution in [2.75, 3.05) is 4.90 Å². The van der Waals surface area contributed by atoms with Crippen LogP contribution in [0.1, 0.15) is 94.3 Å². The Hall–Kier alpha value is -6.44. The van der Waals surface area contributed by atoms with Crippen molar-refractivity contribution in [1.82, 2.24) is 0 Å². The molecule has 0 saturated heterocycles. The number of rotatable bonds is 4. The maximum Gasteiger partial charge on any atom is 0.0711 e. The Morgan fingerprint density at radius 2 is 1.06 bits per heavy atom. The average molecular weight is 804 g/mol. The van der Waals surface area contributed by atoms with Crippen LogP contribution in [0.15, 0.2) is 194 Å². The minimum Gasteiger partial charge on any atom is -0.310 e. The lowest BCUT2D eigenvalue weighted by atomic mass is 9.64. The first kappa shape index (κ1) is 39.7. The Labute approximate surface area is 369 Å². The monoisotopic (exact) mass is 803 g/mol. The van der Waals surface area contributed by atoms with E-state index in [1.165, 1.54) is 77.9 Å². The lowest BCUT2D eigenvalue weighted by Crippen LogP contribution is -2.31. The van der Waals surface area contributed by atoms with Crippen LogP contribution in [0.4, 0.5) is 17.1 Å². The maximum absolute atomic E-state index is 5.14.